The quantitative estimate of drug-likeness (QED) is 0.722. The van der Waals surface area contributed by atoms with Crippen molar-refractivity contribution in [3.05, 3.63) is 35.6 Å². The maximum absolute atomic E-state index is 13.1. The van der Waals surface area contributed by atoms with Gasteiger partial charge in [0.15, 0.2) is 5.76 Å². The lowest BCUT2D eigenvalue weighted by Gasteiger charge is -2.34. The van der Waals surface area contributed by atoms with Gasteiger partial charge in [-0.15, -0.1) is 0 Å². The Morgan fingerprint density at radius 1 is 1.16 bits per heavy atom. The molecule has 1 aromatic carbocycles. The summed E-state index contributed by atoms with van der Waals surface area (Å²) in [6.45, 7) is 6.03. The highest BCUT2D eigenvalue weighted by atomic mass is 32.2. The summed E-state index contributed by atoms with van der Waals surface area (Å²) in [7, 11) is 0. The van der Waals surface area contributed by atoms with Gasteiger partial charge in [-0.2, -0.15) is 11.8 Å². The van der Waals surface area contributed by atoms with E-state index in [1.807, 2.05) is 54.8 Å². The van der Waals surface area contributed by atoms with Crippen molar-refractivity contribution < 1.29 is 18.7 Å². The van der Waals surface area contributed by atoms with Gasteiger partial charge in [-0.25, -0.2) is 0 Å². The summed E-state index contributed by atoms with van der Waals surface area (Å²) >= 11 is 1.92. The summed E-state index contributed by atoms with van der Waals surface area (Å²) in [5, 5.41) is 4.07. The van der Waals surface area contributed by atoms with Crippen LogP contribution in [0.2, 0.25) is 0 Å². The molecule has 1 aliphatic carbocycles. The van der Waals surface area contributed by atoms with Crippen molar-refractivity contribution in [3.63, 3.8) is 0 Å². The van der Waals surface area contributed by atoms with Gasteiger partial charge in [-0.05, 0) is 45.6 Å². The number of rotatable bonds is 6. The zero-order chi connectivity index (χ0) is 21.8. The molecule has 2 heterocycles. The summed E-state index contributed by atoms with van der Waals surface area (Å²) < 4.78 is 11.7. The van der Waals surface area contributed by atoms with Crippen LogP contribution in [0.25, 0.3) is 11.0 Å². The first-order valence-corrected chi connectivity index (χ1v) is 12.5. The summed E-state index contributed by atoms with van der Waals surface area (Å²) in [4.78, 5) is 27.9. The van der Waals surface area contributed by atoms with Crippen LogP contribution < -0.4 is 5.32 Å². The number of hydrogen-bond donors (Lipinski definition) is 1. The number of amides is 2. The van der Waals surface area contributed by atoms with E-state index in [2.05, 4.69) is 5.32 Å². The molecule has 0 spiro atoms. The third kappa shape index (κ3) is 5.26. The Balaban J connectivity index is 1.38. The maximum Gasteiger partial charge on any atom is 0.287 e. The lowest BCUT2D eigenvalue weighted by molar-refractivity contribution is -0.136. The van der Waals surface area contributed by atoms with E-state index >= 15 is 0 Å². The molecule has 0 radical (unpaired) electrons. The van der Waals surface area contributed by atoms with Crippen LogP contribution in [0.4, 0.5) is 0 Å². The molecular formula is C24H32N2O4S. The van der Waals surface area contributed by atoms with Crippen LogP contribution in [0.5, 0.6) is 0 Å². The number of furan rings is 1. The Hall–Kier alpha value is -1.99. The van der Waals surface area contributed by atoms with E-state index in [0.29, 0.717) is 23.9 Å². The fraction of sp³-hybridized carbons (Fsp3) is 0.583. The molecule has 7 heteroatoms. The first-order chi connectivity index (χ1) is 15.0. The Morgan fingerprint density at radius 3 is 2.58 bits per heavy atom. The monoisotopic (exact) mass is 444 g/mol. The van der Waals surface area contributed by atoms with Crippen LogP contribution in [-0.4, -0.2) is 53.5 Å². The molecule has 1 aromatic heterocycles. The zero-order valence-corrected chi connectivity index (χ0v) is 19.2. The summed E-state index contributed by atoms with van der Waals surface area (Å²) in [6, 6.07) is 7.75. The smallest absolute Gasteiger partial charge is 0.287 e. The van der Waals surface area contributed by atoms with Crippen molar-refractivity contribution in [2.75, 3.05) is 24.6 Å². The molecule has 31 heavy (non-hydrogen) atoms. The first kappa shape index (κ1) is 22.2. The van der Waals surface area contributed by atoms with E-state index in [9.17, 15) is 9.59 Å². The molecule has 0 atom stereocenters. The van der Waals surface area contributed by atoms with Gasteiger partial charge in [0, 0.05) is 47.5 Å². The maximum atomic E-state index is 13.1. The fourth-order valence-electron chi connectivity index (χ4n) is 4.45. The SMILES string of the molecule is CC(C)OCc1c(C(=O)NC2CCC(C(=O)N3CCSCC3)CC2)oc2ccccc12. The number of thioether (sulfide) groups is 1. The van der Waals surface area contributed by atoms with Crippen LogP contribution >= 0.6 is 11.8 Å². The minimum absolute atomic E-state index is 0.0656. The third-order valence-electron chi connectivity index (χ3n) is 6.20. The average molecular weight is 445 g/mol. The lowest BCUT2D eigenvalue weighted by atomic mass is 9.85. The van der Waals surface area contributed by atoms with Crippen LogP contribution in [0.15, 0.2) is 28.7 Å². The van der Waals surface area contributed by atoms with Gasteiger partial charge in [0.1, 0.15) is 5.58 Å². The first-order valence-electron chi connectivity index (χ1n) is 11.3. The van der Waals surface area contributed by atoms with E-state index in [0.717, 1.165) is 61.2 Å². The number of benzene rings is 1. The van der Waals surface area contributed by atoms with Crippen molar-refractivity contribution in [1.82, 2.24) is 10.2 Å². The number of nitrogens with one attached hydrogen (secondary N) is 1. The lowest BCUT2D eigenvalue weighted by Crippen LogP contribution is -2.44. The highest BCUT2D eigenvalue weighted by Gasteiger charge is 2.31. The Kier molecular flexibility index (Phi) is 7.23. The van der Waals surface area contributed by atoms with Crippen molar-refractivity contribution in [1.29, 1.82) is 0 Å². The number of hydrogen-bond acceptors (Lipinski definition) is 5. The number of para-hydroxylation sites is 1. The van der Waals surface area contributed by atoms with Gasteiger partial charge < -0.3 is 19.4 Å². The zero-order valence-electron chi connectivity index (χ0n) is 18.4. The average Bonchev–Trinajstić information content (AvgIpc) is 3.17. The molecule has 2 aliphatic rings. The van der Waals surface area contributed by atoms with Crippen LogP contribution in [-0.2, 0) is 16.1 Å². The summed E-state index contributed by atoms with van der Waals surface area (Å²) in [5.74, 6) is 2.62. The van der Waals surface area contributed by atoms with Crippen molar-refractivity contribution >= 4 is 34.5 Å². The third-order valence-corrected chi connectivity index (χ3v) is 7.14. The highest BCUT2D eigenvalue weighted by Crippen LogP contribution is 2.30. The van der Waals surface area contributed by atoms with Gasteiger partial charge in [0.05, 0.1) is 12.7 Å². The van der Waals surface area contributed by atoms with Gasteiger partial charge in [-0.1, -0.05) is 18.2 Å². The van der Waals surface area contributed by atoms with E-state index in [-0.39, 0.29) is 24.0 Å². The number of fused-ring (bicyclic) bond motifs is 1. The number of carbonyl (C=O) groups is 2. The van der Waals surface area contributed by atoms with Crippen molar-refractivity contribution in [3.8, 4) is 0 Å². The second-order valence-corrected chi connectivity index (χ2v) is 9.95. The second kappa shape index (κ2) is 10.1. The van der Waals surface area contributed by atoms with E-state index in [1.54, 1.807) is 0 Å². The van der Waals surface area contributed by atoms with Gasteiger partial charge >= 0.3 is 0 Å². The number of nitrogens with zero attached hydrogens (tertiary/aromatic N) is 1. The van der Waals surface area contributed by atoms with E-state index in [4.69, 9.17) is 9.15 Å². The minimum Gasteiger partial charge on any atom is -0.451 e. The van der Waals surface area contributed by atoms with E-state index in [1.165, 1.54) is 0 Å². The van der Waals surface area contributed by atoms with Crippen molar-refractivity contribution in [2.24, 2.45) is 5.92 Å². The fourth-order valence-corrected chi connectivity index (χ4v) is 5.36. The molecule has 1 aliphatic heterocycles. The molecule has 4 rings (SSSR count). The second-order valence-electron chi connectivity index (χ2n) is 8.73. The molecule has 2 aromatic rings. The molecule has 1 N–H and O–H groups in total. The van der Waals surface area contributed by atoms with Gasteiger partial charge in [0.25, 0.3) is 5.91 Å². The Bertz CT molecular complexity index is 911. The van der Waals surface area contributed by atoms with Crippen LogP contribution in [0, 0.1) is 5.92 Å². The standard InChI is InChI=1S/C24H32N2O4S/c1-16(2)29-15-20-19-5-3-4-6-21(19)30-22(20)23(27)25-18-9-7-17(8-10-18)24(28)26-11-13-31-14-12-26/h3-6,16-18H,7-15H2,1-2H3,(H,25,27). The molecule has 2 amide bonds. The van der Waals surface area contributed by atoms with Gasteiger partial charge in [-0.3, -0.25) is 9.59 Å². The Morgan fingerprint density at radius 2 is 1.87 bits per heavy atom. The van der Waals surface area contributed by atoms with Crippen LogP contribution in [0.3, 0.4) is 0 Å². The topological polar surface area (TPSA) is 71.8 Å². The minimum atomic E-state index is -0.193. The number of carbonyl (C=O) groups excluding carboxylic acids is 2. The van der Waals surface area contributed by atoms with Crippen LogP contribution in [0.1, 0.15) is 55.6 Å². The summed E-state index contributed by atoms with van der Waals surface area (Å²) in [6.07, 6.45) is 3.37. The number of ether oxygens (including phenoxy) is 1. The predicted molar refractivity (Wildman–Crippen MR) is 123 cm³/mol. The van der Waals surface area contributed by atoms with E-state index < -0.39 is 0 Å². The largest absolute Gasteiger partial charge is 0.451 e. The molecule has 0 unspecified atom stereocenters. The molecule has 6 nitrogen and oxygen atoms in total. The molecule has 2 fully saturated rings. The normalized spacial score (nSPS) is 22.1. The highest BCUT2D eigenvalue weighted by molar-refractivity contribution is 7.99. The predicted octanol–water partition coefficient (Wildman–Crippen LogP) is 4.22. The van der Waals surface area contributed by atoms with Crippen molar-refractivity contribution in [2.45, 2.75) is 58.3 Å². The van der Waals surface area contributed by atoms with Gasteiger partial charge in [0.2, 0.25) is 5.91 Å². The molecular weight excluding hydrogens is 412 g/mol. The molecule has 0 bridgehead atoms. The Labute approximate surface area is 188 Å². The summed E-state index contributed by atoms with van der Waals surface area (Å²) in [5.41, 5.74) is 1.50. The molecule has 1 saturated heterocycles. The molecule has 168 valence electrons. The molecule has 1 saturated carbocycles.